The van der Waals surface area contributed by atoms with Crippen molar-refractivity contribution in [3.05, 3.63) is 58.9 Å². The van der Waals surface area contributed by atoms with Gasteiger partial charge in [-0.3, -0.25) is 4.68 Å². The van der Waals surface area contributed by atoms with Crippen molar-refractivity contribution in [2.45, 2.75) is 20.4 Å². The minimum Gasteiger partial charge on any atom is -0.269 e. The molecule has 0 bridgehead atoms. The van der Waals surface area contributed by atoms with Crippen molar-refractivity contribution in [3.63, 3.8) is 0 Å². The van der Waals surface area contributed by atoms with Gasteiger partial charge in [-0.15, -0.1) is 0 Å². The summed E-state index contributed by atoms with van der Waals surface area (Å²) >= 11 is 0. The van der Waals surface area contributed by atoms with Crippen molar-refractivity contribution in [3.8, 4) is 16.9 Å². The predicted octanol–water partition coefficient (Wildman–Crippen LogP) is 4.01. The Hall–Kier alpha value is -3.05. The summed E-state index contributed by atoms with van der Waals surface area (Å²) in [6.07, 6.45) is 3.75. The highest BCUT2D eigenvalue weighted by Crippen LogP contribution is 2.23. The molecule has 0 radical (unpaired) electrons. The van der Waals surface area contributed by atoms with Crippen LogP contribution in [0.3, 0.4) is 0 Å². The smallest absolute Gasteiger partial charge is 0.0961 e. The fourth-order valence-electron chi connectivity index (χ4n) is 2.35. The van der Waals surface area contributed by atoms with Crippen LogP contribution in [0, 0.1) is 6.92 Å². The van der Waals surface area contributed by atoms with Crippen LogP contribution >= 0.6 is 0 Å². The summed E-state index contributed by atoms with van der Waals surface area (Å²) in [5, 5.41) is 12.5. The van der Waals surface area contributed by atoms with E-state index in [-0.39, 0.29) is 0 Å². The summed E-state index contributed by atoms with van der Waals surface area (Å²) in [6, 6.07) is 9.21. The first-order chi connectivity index (χ1) is 10.7. The summed E-state index contributed by atoms with van der Waals surface area (Å²) in [7, 11) is 0. The zero-order chi connectivity index (χ0) is 15.5. The van der Waals surface area contributed by atoms with Crippen LogP contribution in [0.5, 0.6) is 0 Å². The Balaban J connectivity index is 1.93. The van der Waals surface area contributed by atoms with Gasteiger partial charge in [0, 0.05) is 34.6 Å². The molecule has 0 saturated carbocycles. The van der Waals surface area contributed by atoms with E-state index in [0.717, 1.165) is 29.2 Å². The fraction of sp³-hybridized carbons (Fsp3) is 0.200. The van der Waals surface area contributed by atoms with Gasteiger partial charge < -0.3 is 0 Å². The molecule has 1 aromatic carbocycles. The Morgan fingerprint density at radius 2 is 2.00 bits per heavy atom. The summed E-state index contributed by atoms with van der Waals surface area (Å²) in [6.45, 7) is 4.95. The van der Waals surface area contributed by atoms with Gasteiger partial charge in [-0.2, -0.15) is 10.2 Å². The molecule has 0 unspecified atom stereocenters. The van der Waals surface area contributed by atoms with E-state index in [0.29, 0.717) is 5.69 Å². The molecule has 3 rings (SSSR count). The molecule has 0 N–H and O–H groups in total. The minimum absolute atomic E-state index is 0.582. The standard InChI is InChI=1S/C15H15N7/c1-3-21-11(2)14(10-17-21)15-8-9-22(19-15)13-6-4-12(5-7-13)18-20-16/h4-10H,3H2,1-2H3. The van der Waals surface area contributed by atoms with Gasteiger partial charge in [0.1, 0.15) is 0 Å². The van der Waals surface area contributed by atoms with Crippen LogP contribution in [0.15, 0.2) is 47.8 Å². The minimum atomic E-state index is 0.582. The Labute approximate surface area is 127 Å². The third-order valence-electron chi connectivity index (χ3n) is 3.54. The zero-order valence-corrected chi connectivity index (χ0v) is 12.4. The van der Waals surface area contributed by atoms with Crippen LogP contribution in [-0.2, 0) is 6.54 Å². The molecule has 2 heterocycles. The highest BCUT2D eigenvalue weighted by Gasteiger charge is 2.10. The summed E-state index contributed by atoms with van der Waals surface area (Å²) in [5.41, 5.74) is 12.9. The van der Waals surface area contributed by atoms with Gasteiger partial charge in [0.2, 0.25) is 0 Å². The molecule has 2 aromatic heterocycles. The van der Waals surface area contributed by atoms with Gasteiger partial charge >= 0.3 is 0 Å². The second-order valence-corrected chi connectivity index (χ2v) is 4.81. The summed E-state index contributed by atoms with van der Waals surface area (Å²) in [5.74, 6) is 0. The first-order valence-electron chi connectivity index (χ1n) is 6.97. The molecule has 110 valence electrons. The molecule has 0 atom stereocenters. The number of aromatic nitrogens is 4. The molecule has 0 fully saturated rings. The average molecular weight is 293 g/mol. The molecule has 22 heavy (non-hydrogen) atoms. The highest BCUT2D eigenvalue weighted by molar-refractivity contribution is 5.61. The van der Waals surface area contributed by atoms with E-state index in [2.05, 4.69) is 27.1 Å². The third-order valence-corrected chi connectivity index (χ3v) is 3.54. The van der Waals surface area contributed by atoms with Crippen molar-refractivity contribution in [2.75, 3.05) is 0 Å². The Morgan fingerprint density at radius 3 is 2.64 bits per heavy atom. The molecular weight excluding hydrogens is 278 g/mol. The number of nitrogens with zero attached hydrogens (tertiary/aromatic N) is 7. The zero-order valence-electron chi connectivity index (χ0n) is 12.4. The lowest BCUT2D eigenvalue weighted by molar-refractivity contribution is 0.640. The maximum Gasteiger partial charge on any atom is 0.0961 e. The van der Waals surface area contributed by atoms with Crippen molar-refractivity contribution in [1.82, 2.24) is 19.6 Å². The van der Waals surface area contributed by atoms with Crippen LogP contribution < -0.4 is 0 Å². The first kappa shape index (κ1) is 13.9. The van der Waals surface area contributed by atoms with Gasteiger partial charge in [-0.1, -0.05) is 17.2 Å². The second-order valence-electron chi connectivity index (χ2n) is 4.81. The SMILES string of the molecule is CCn1ncc(-c2ccn(-c3ccc(N=[N+]=[N-])cc3)n2)c1C. The average Bonchev–Trinajstić information content (AvgIpc) is 3.15. The number of rotatable bonds is 4. The third kappa shape index (κ3) is 2.45. The lowest BCUT2D eigenvalue weighted by Crippen LogP contribution is -1.98. The van der Waals surface area contributed by atoms with Crippen LogP contribution in [0.1, 0.15) is 12.6 Å². The van der Waals surface area contributed by atoms with Crippen molar-refractivity contribution < 1.29 is 0 Å². The second kappa shape index (κ2) is 5.75. The van der Waals surface area contributed by atoms with E-state index in [1.807, 2.05) is 42.2 Å². The van der Waals surface area contributed by atoms with Crippen molar-refractivity contribution >= 4 is 5.69 Å². The number of hydrogen-bond acceptors (Lipinski definition) is 3. The summed E-state index contributed by atoms with van der Waals surface area (Å²) < 4.78 is 3.74. The normalized spacial score (nSPS) is 10.5. The van der Waals surface area contributed by atoms with Crippen LogP contribution in [0.2, 0.25) is 0 Å². The topological polar surface area (TPSA) is 84.4 Å². The van der Waals surface area contributed by atoms with Crippen molar-refractivity contribution in [2.24, 2.45) is 5.11 Å². The largest absolute Gasteiger partial charge is 0.269 e. The number of benzene rings is 1. The molecule has 3 aromatic rings. The molecule has 7 nitrogen and oxygen atoms in total. The van der Waals surface area contributed by atoms with E-state index in [1.165, 1.54) is 0 Å². The van der Waals surface area contributed by atoms with Gasteiger partial charge in [-0.25, -0.2) is 4.68 Å². The molecular formula is C15H15N7. The molecule has 0 aliphatic heterocycles. The maximum atomic E-state index is 8.42. The van der Waals surface area contributed by atoms with Crippen LogP contribution in [-0.4, -0.2) is 19.6 Å². The predicted molar refractivity (Wildman–Crippen MR) is 84.0 cm³/mol. The molecule has 0 aliphatic rings. The first-order valence-corrected chi connectivity index (χ1v) is 6.97. The quantitative estimate of drug-likeness (QED) is 0.413. The van der Waals surface area contributed by atoms with E-state index in [4.69, 9.17) is 5.53 Å². The monoisotopic (exact) mass is 293 g/mol. The van der Waals surface area contributed by atoms with Gasteiger partial charge in [0.05, 0.1) is 17.6 Å². The van der Waals surface area contributed by atoms with E-state index < -0.39 is 0 Å². The van der Waals surface area contributed by atoms with E-state index >= 15 is 0 Å². The lowest BCUT2D eigenvalue weighted by Gasteiger charge is -2.02. The number of aryl methyl sites for hydroxylation is 1. The number of azide groups is 1. The van der Waals surface area contributed by atoms with E-state index in [1.54, 1.807) is 16.8 Å². The lowest BCUT2D eigenvalue weighted by atomic mass is 10.2. The van der Waals surface area contributed by atoms with Gasteiger partial charge in [0.25, 0.3) is 0 Å². The van der Waals surface area contributed by atoms with Crippen molar-refractivity contribution in [1.29, 1.82) is 0 Å². The number of hydrogen-bond donors (Lipinski definition) is 0. The van der Waals surface area contributed by atoms with Gasteiger partial charge in [-0.05, 0) is 37.6 Å². The van der Waals surface area contributed by atoms with Crippen LogP contribution in [0.25, 0.3) is 27.4 Å². The Bertz CT molecular complexity index is 835. The highest BCUT2D eigenvalue weighted by atomic mass is 15.3. The molecule has 7 heteroatoms. The summed E-state index contributed by atoms with van der Waals surface area (Å²) in [4.78, 5) is 2.77. The Morgan fingerprint density at radius 1 is 1.23 bits per heavy atom. The van der Waals surface area contributed by atoms with Gasteiger partial charge in [0.15, 0.2) is 0 Å². The molecule has 0 aliphatic carbocycles. The molecule has 0 amide bonds. The maximum absolute atomic E-state index is 8.42. The molecule has 0 saturated heterocycles. The fourth-order valence-corrected chi connectivity index (χ4v) is 2.35. The Kier molecular flexibility index (Phi) is 3.64. The van der Waals surface area contributed by atoms with E-state index in [9.17, 15) is 0 Å². The van der Waals surface area contributed by atoms with Crippen LogP contribution in [0.4, 0.5) is 5.69 Å². The molecule has 0 spiro atoms.